The van der Waals surface area contributed by atoms with E-state index in [0.29, 0.717) is 12.3 Å². The fraction of sp³-hybridized carbons (Fsp3) is 0.667. The molecule has 5 heteroatoms. The van der Waals surface area contributed by atoms with Gasteiger partial charge in [-0.2, -0.15) is 0 Å². The van der Waals surface area contributed by atoms with Crippen LogP contribution in [0.15, 0.2) is 35.5 Å². The molecule has 5 nitrogen and oxygen atoms in total. The highest BCUT2D eigenvalue weighted by Gasteiger charge is 2.64. The van der Waals surface area contributed by atoms with E-state index >= 15 is 0 Å². The van der Waals surface area contributed by atoms with Crippen LogP contribution in [0, 0.1) is 23.7 Å². The van der Waals surface area contributed by atoms with Gasteiger partial charge in [-0.1, -0.05) is 44.1 Å². The van der Waals surface area contributed by atoms with Crippen molar-refractivity contribution in [2.75, 3.05) is 0 Å². The number of carbonyl (C=O) groups excluding carboxylic acids is 2. The van der Waals surface area contributed by atoms with Crippen LogP contribution in [0.4, 0.5) is 0 Å². The number of aliphatic hydroxyl groups excluding tert-OH is 1. The Labute approximate surface area is 174 Å². The highest BCUT2D eigenvalue weighted by Crippen LogP contribution is 2.50. The average Bonchev–Trinajstić information content (AvgIpc) is 2.89. The Balaban J connectivity index is 2.13. The van der Waals surface area contributed by atoms with Crippen LogP contribution in [0.5, 0.6) is 0 Å². The van der Waals surface area contributed by atoms with Gasteiger partial charge in [0.1, 0.15) is 0 Å². The smallest absolute Gasteiger partial charge is 0.331 e. The highest BCUT2D eigenvalue weighted by atomic mass is 16.6. The molecule has 1 fully saturated rings. The third-order valence-electron chi connectivity index (χ3n) is 6.78. The first-order valence-corrected chi connectivity index (χ1v) is 10.9. The molecule has 0 bridgehead atoms. The number of ether oxygens (including phenoxy) is 1. The molecule has 2 aliphatic heterocycles. The highest BCUT2D eigenvalue weighted by molar-refractivity contribution is 5.94. The fourth-order valence-corrected chi connectivity index (χ4v) is 5.29. The van der Waals surface area contributed by atoms with Crippen molar-refractivity contribution in [1.29, 1.82) is 0 Å². The molecule has 0 aromatic carbocycles. The molecule has 1 spiro atoms. The summed E-state index contributed by atoms with van der Waals surface area (Å²) < 4.78 is 6.04. The minimum absolute atomic E-state index is 0.0346. The maximum absolute atomic E-state index is 13.4. The number of hydrogen-bond donors (Lipinski definition) is 2. The molecule has 0 aromatic rings. The van der Waals surface area contributed by atoms with Crippen molar-refractivity contribution >= 4 is 11.9 Å². The van der Waals surface area contributed by atoms with E-state index < -0.39 is 17.7 Å². The van der Waals surface area contributed by atoms with Crippen LogP contribution in [0.25, 0.3) is 0 Å². The number of allylic oxidation sites excluding steroid dienone is 2. The number of rotatable bonds is 2. The van der Waals surface area contributed by atoms with Gasteiger partial charge >= 0.3 is 5.97 Å². The van der Waals surface area contributed by atoms with Crippen molar-refractivity contribution in [3.05, 3.63) is 35.5 Å². The lowest BCUT2D eigenvalue weighted by molar-refractivity contribution is -0.172. The molecule has 1 aliphatic carbocycles. The van der Waals surface area contributed by atoms with Crippen LogP contribution in [0.2, 0.25) is 0 Å². The zero-order valence-electron chi connectivity index (χ0n) is 18.3. The van der Waals surface area contributed by atoms with Gasteiger partial charge in [0.25, 0.3) is 5.91 Å². The molecule has 3 rings (SSSR count). The second-order valence-electron chi connectivity index (χ2n) is 9.51. The van der Waals surface area contributed by atoms with Crippen LogP contribution in [-0.4, -0.2) is 34.7 Å². The first kappa shape index (κ1) is 21.8. The monoisotopic (exact) mass is 401 g/mol. The number of esters is 1. The third-order valence-corrected chi connectivity index (χ3v) is 6.78. The third kappa shape index (κ3) is 4.20. The van der Waals surface area contributed by atoms with Gasteiger partial charge in [0.2, 0.25) is 5.60 Å². The molecular weight excluding hydrogens is 366 g/mol. The second kappa shape index (κ2) is 8.47. The molecule has 0 aromatic heterocycles. The molecule has 160 valence electrons. The van der Waals surface area contributed by atoms with Crippen LogP contribution < -0.4 is 5.32 Å². The van der Waals surface area contributed by atoms with E-state index in [0.717, 1.165) is 24.8 Å². The first-order chi connectivity index (χ1) is 13.6. The van der Waals surface area contributed by atoms with E-state index in [-0.39, 0.29) is 29.7 Å². The Morgan fingerprint density at radius 2 is 2.00 bits per heavy atom. The molecule has 0 radical (unpaired) electrons. The fourth-order valence-electron chi connectivity index (χ4n) is 5.29. The van der Waals surface area contributed by atoms with Gasteiger partial charge in [-0.25, -0.2) is 4.79 Å². The molecule has 29 heavy (non-hydrogen) atoms. The van der Waals surface area contributed by atoms with Crippen LogP contribution in [-0.2, 0) is 14.3 Å². The largest absolute Gasteiger partial charge is 0.444 e. The summed E-state index contributed by atoms with van der Waals surface area (Å²) in [7, 11) is 0. The lowest BCUT2D eigenvalue weighted by atomic mass is 9.63. The maximum atomic E-state index is 13.4. The van der Waals surface area contributed by atoms with E-state index in [1.54, 1.807) is 0 Å². The second-order valence-corrected chi connectivity index (χ2v) is 9.51. The summed E-state index contributed by atoms with van der Waals surface area (Å²) in [5.41, 5.74) is 1.14. The SMILES string of the molecule is CC1=C[C@H]2C=C(C)[C@@H](C)[C@H]3[C@H](CC(C)C)NC(=O)[C@@]23OC(=O)/C=C/[C@@H](O)CCC1. The summed E-state index contributed by atoms with van der Waals surface area (Å²) in [6.45, 7) is 10.6. The number of carbonyl (C=O) groups is 2. The predicted octanol–water partition coefficient (Wildman–Crippen LogP) is 3.69. The van der Waals surface area contributed by atoms with Gasteiger partial charge in [-0.3, -0.25) is 4.79 Å². The zero-order valence-corrected chi connectivity index (χ0v) is 18.3. The number of hydrogen-bond acceptors (Lipinski definition) is 4. The predicted molar refractivity (Wildman–Crippen MR) is 113 cm³/mol. The van der Waals surface area contributed by atoms with E-state index in [1.807, 2.05) is 0 Å². The summed E-state index contributed by atoms with van der Waals surface area (Å²) in [5, 5.41) is 13.3. The topological polar surface area (TPSA) is 75.6 Å². The molecular formula is C24H35NO4. The van der Waals surface area contributed by atoms with Gasteiger partial charge < -0.3 is 15.2 Å². The molecule has 0 unspecified atom stereocenters. The van der Waals surface area contributed by atoms with Gasteiger partial charge in [-0.05, 0) is 57.4 Å². The van der Waals surface area contributed by atoms with E-state index in [1.165, 1.54) is 17.7 Å². The molecule has 3 aliphatic rings. The molecule has 2 N–H and O–H groups in total. The van der Waals surface area contributed by atoms with E-state index in [2.05, 4.69) is 52.1 Å². The van der Waals surface area contributed by atoms with Crippen molar-refractivity contribution in [2.45, 2.75) is 78.0 Å². The Kier molecular flexibility index (Phi) is 6.37. The molecule has 1 saturated heterocycles. The van der Waals surface area contributed by atoms with Gasteiger partial charge in [0, 0.05) is 24.0 Å². The quantitative estimate of drug-likeness (QED) is 0.547. The first-order valence-electron chi connectivity index (χ1n) is 10.9. The number of nitrogens with one attached hydrogen (secondary N) is 1. The average molecular weight is 402 g/mol. The standard InChI is InChI=1S/C24H35NO4/c1-14(2)11-20-22-17(5)16(4)13-18-12-15(3)7-6-8-19(26)9-10-21(27)29-24(18,22)23(28)25-20/h9-10,12-14,17-20,22,26H,6-8,11H2,1-5H3,(H,25,28)/b10-9+,15-12?/t17-,18+,19+,20+,22+,24-/m1/s1. The lowest BCUT2D eigenvalue weighted by Crippen LogP contribution is -2.56. The van der Waals surface area contributed by atoms with Gasteiger partial charge in [-0.15, -0.1) is 0 Å². The Bertz CT molecular complexity index is 750. The van der Waals surface area contributed by atoms with E-state index in [9.17, 15) is 14.7 Å². The number of amides is 1. The van der Waals surface area contributed by atoms with Crippen molar-refractivity contribution in [1.82, 2.24) is 5.32 Å². The molecule has 6 atom stereocenters. The zero-order chi connectivity index (χ0) is 21.3. The molecule has 2 heterocycles. The van der Waals surface area contributed by atoms with Gasteiger partial charge in [0.05, 0.1) is 6.10 Å². The Morgan fingerprint density at radius 1 is 1.28 bits per heavy atom. The Hall–Kier alpha value is -1.88. The maximum Gasteiger partial charge on any atom is 0.331 e. The van der Waals surface area contributed by atoms with Crippen LogP contribution in [0.1, 0.15) is 60.3 Å². The van der Waals surface area contributed by atoms with Crippen molar-refractivity contribution in [3.8, 4) is 0 Å². The Morgan fingerprint density at radius 3 is 2.69 bits per heavy atom. The van der Waals surface area contributed by atoms with Crippen LogP contribution >= 0.6 is 0 Å². The lowest BCUT2D eigenvalue weighted by Gasteiger charge is -2.45. The number of aliphatic hydroxyl groups is 1. The molecule has 0 saturated carbocycles. The summed E-state index contributed by atoms with van der Waals surface area (Å²) in [4.78, 5) is 26.2. The summed E-state index contributed by atoms with van der Waals surface area (Å²) >= 11 is 0. The van der Waals surface area contributed by atoms with Crippen molar-refractivity contribution < 1.29 is 19.4 Å². The van der Waals surface area contributed by atoms with E-state index in [4.69, 9.17) is 4.74 Å². The normalized spacial score (nSPS) is 39.2. The minimum Gasteiger partial charge on any atom is -0.444 e. The summed E-state index contributed by atoms with van der Waals surface area (Å²) in [5.74, 6) is -0.632. The molecule has 1 amide bonds. The summed E-state index contributed by atoms with van der Waals surface area (Å²) in [6.07, 6.45) is 9.40. The minimum atomic E-state index is -1.24. The van der Waals surface area contributed by atoms with Crippen molar-refractivity contribution in [2.24, 2.45) is 23.7 Å². The van der Waals surface area contributed by atoms with Crippen LogP contribution in [0.3, 0.4) is 0 Å². The summed E-state index contributed by atoms with van der Waals surface area (Å²) in [6, 6.07) is -0.0346. The van der Waals surface area contributed by atoms with Crippen molar-refractivity contribution in [3.63, 3.8) is 0 Å². The van der Waals surface area contributed by atoms with Gasteiger partial charge in [0.15, 0.2) is 0 Å².